The van der Waals surface area contributed by atoms with Crippen LogP contribution in [0.2, 0.25) is 0 Å². The van der Waals surface area contributed by atoms with Crippen LogP contribution >= 0.6 is 0 Å². The summed E-state index contributed by atoms with van der Waals surface area (Å²) in [6, 6.07) is 0. The van der Waals surface area contributed by atoms with Gasteiger partial charge in [0, 0.05) is 24.8 Å². The summed E-state index contributed by atoms with van der Waals surface area (Å²) in [4.78, 5) is 25.9. The molecule has 4 rings (SSSR count). The lowest BCUT2D eigenvalue weighted by atomic mass is 10.2. The number of hydrogen-bond donors (Lipinski definition) is 2. The van der Waals surface area contributed by atoms with E-state index in [2.05, 4.69) is 15.3 Å². The van der Waals surface area contributed by atoms with Gasteiger partial charge in [0.1, 0.15) is 24.8 Å². The first-order valence-corrected chi connectivity index (χ1v) is 10.8. The van der Waals surface area contributed by atoms with Crippen molar-refractivity contribution in [3.63, 3.8) is 0 Å². The molecule has 2 fully saturated rings. The van der Waals surface area contributed by atoms with E-state index in [4.69, 9.17) is 18.9 Å². The van der Waals surface area contributed by atoms with Crippen LogP contribution in [0, 0.1) is 6.92 Å². The fourth-order valence-electron chi connectivity index (χ4n) is 3.82. The van der Waals surface area contributed by atoms with E-state index in [1.165, 1.54) is 10.8 Å². The molecule has 2 N–H and O–H groups in total. The molecule has 0 bridgehead atoms. The van der Waals surface area contributed by atoms with Gasteiger partial charge >= 0.3 is 5.69 Å². The molecule has 12 heteroatoms. The molecule has 4 atom stereocenters. The van der Waals surface area contributed by atoms with E-state index >= 15 is 0 Å². The van der Waals surface area contributed by atoms with Gasteiger partial charge in [0.2, 0.25) is 0 Å². The number of unbranched alkanes of at least 4 members (excludes halogenated alkanes) is 1. The summed E-state index contributed by atoms with van der Waals surface area (Å²) >= 11 is 0. The summed E-state index contributed by atoms with van der Waals surface area (Å²) in [6.45, 7) is 3.93. The molecule has 0 amide bonds. The SMILES string of the molecule is Cc1cn([C@H]2CC(O)[C@@H](Cn3cc(COCCCCC4COCO4)nn3)O2)c(=O)[nH]c1=O. The summed E-state index contributed by atoms with van der Waals surface area (Å²) in [5.41, 5.74) is 0.0841. The van der Waals surface area contributed by atoms with E-state index in [1.807, 2.05) is 0 Å². The molecule has 4 heterocycles. The Morgan fingerprint density at radius 3 is 3.00 bits per heavy atom. The molecule has 2 unspecified atom stereocenters. The topological polar surface area (TPSA) is 143 Å². The lowest BCUT2D eigenvalue weighted by molar-refractivity contribution is -0.0302. The predicted octanol–water partition coefficient (Wildman–Crippen LogP) is -0.155. The minimum atomic E-state index is -0.780. The maximum absolute atomic E-state index is 12.1. The Balaban J connectivity index is 1.21. The Labute approximate surface area is 184 Å². The zero-order chi connectivity index (χ0) is 22.5. The molecular weight excluding hydrogens is 422 g/mol. The summed E-state index contributed by atoms with van der Waals surface area (Å²) in [6.07, 6.45) is 4.55. The molecule has 2 aromatic heterocycles. The van der Waals surface area contributed by atoms with E-state index in [0.717, 1.165) is 19.3 Å². The van der Waals surface area contributed by atoms with Gasteiger partial charge in [-0.1, -0.05) is 5.21 Å². The molecule has 32 heavy (non-hydrogen) atoms. The number of aliphatic hydroxyl groups excluding tert-OH is 1. The highest BCUT2D eigenvalue weighted by Gasteiger charge is 2.36. The van der Waals surface area contributed by atoms with E-state index < -0.39 is 29.7 Å². The van der Waals surface area contributed by atoms with Gasteiger partial charge in [0.15, 0.2) is 0 Å². The maximum Gasteiger partial charge on any atom is 0.330 e. The molecular formula is C20H29N5O7. The fourth-order valence-corrected chi connectivity index (χ4v) is 3.82. The van der Waals surface area contributed by atoms with Crippen LogP contribution in [0.5, 0.6) is 0 Å². The first kappa shape index (κ1) is 22.8. The normalized spacial score (nSPS) is 25.6. The molecule has 176 valence electrons. The van der Waals surface area contributed by atoms with Crippen molar-refractivity contribution in [1.29, 1.82) is 0 Å². The summed E-state index contributed by atoms with van der Waals surface area (Å²) in [7, 11) is 0. The molecule has 2 aliphatic rings. The molecule has 0 radical (unpaired) electrons. The molecule has 12 nitrogen and oxygen atoms in total. The number of nitrogens with one attached hydrogen (secondary N) is 1. The van der Waals surface area contributed by atoms with Gasteiger partial charge < -0.3 is 24.1 Å². The number of nitrogens with zero attached hydrogens (tertiary/aromatic N) is 4. The Kier molecular flexibility index (Phi) is 7.48. The number of aromatic amines is 1. The second-order valence-electron chi connectivity index (χ2n) is 8.17. The van der Waals surface area contributed by atoms with Gasteiger partial charge in [-0.25, -0.2) is 9.48 Å². The average molecular weight is 451 g/mol. The predicted molar refractivity (Wildman–Crippen MR) is 110 cm³/mol. The first-order chi connectivity index (χ1) is 15.5. The largest absolute Gasteiger partial charge is 0.390 e. The van der Waals surface area contributed by atoms with Crippen LogP contribution in [0.4, 0.5) is 0 Å². The number of rotatable bonds is 10. The third kappa shape index (κ3) is 5.70. The van der Waals surface area contributed by atoms with Crippen molar-refractivity contribution in [2.45, 2.75) is 70.3 Å². The van der Waals surface area contributed by atoms with Crippen molar-refractivity contribution in [2.75, 3.05) is 20.0 Å². The van der Waals surface area contributed by atoms with Crippen LogP contribution in [0.1, 0.15) is 43.2 Å². The third-order valence-electron chi connectivity index (χ3n) is 5.62. The van der Waals surface area contributed by atoms with E-state index in [9.17, 15) is 14.7 Å². The number of aliphatic hydroxyl groups is 1. The smallest absolute Gasteiger partial charge is 0.330 e. The van der Waals surface area contributed by atoms with Crippen molar-refractivity contribution in [1.82, 2.24) is 24.5 Å². The van der Waals surface area contributed by atoms with Gasteiger partial charge in [0.25, 0.3) is 5.56 Å². The van der Waals surface area contributed by atoms with Crippen LogP contribution in [-0.4, -0.2) is 68.0 Å². The van der Waals surface area contributed by atoms with Gasteiger partial charge in [-0.3, -0.25) is 14.3 Å². The fraction of sp³-hybridized carbons (Fsp3) is 0.700. The van der Waals surface area contributed by atoms with Crippen LogP contribution < -0.4 is 11.2 Å². The van der Waals surface area contributed by atoms with E-state index in [0.29, 0.717) is 37.9 Å². The number of ether oxygens (including phenoxy) is 4. The number of aryl methyl sites for hydroxylation is 1. The monoisotopic (exact) mass is 451 g/mol. The highest BCUT2D eigenvalue weighted by molar-refractivity contribution is 5.02. The molecule has 0 spiro atoms. The van der Waals surface area contributed by atoms with Gasteiger partial charge in [0.05, 0.1) is 38.2 Å². The minimum Gasteiger partial charge on any atom is -0.390 e. The molecule has 0 aromatic carbocycles. The zero-order valence-electron chi connectivity index (χ0n) is 18.0. The number of aromatic nitrogens is 5. The van der Waals surface area contributed by atoms with Crippen molar-refractivity contribution >= 4 is 0 Å². The summed E-state index contributed by atoms with van der Waals surface area (Å²) < 4.78 is 25.0. The Morgan fingerprint density at radius 1 is 1.31 bits per heavy atom. The maximum atomic E-state index is 12.1. The Bertz CT molecular complexity index is 997. The van der Waals surface area contributed by atoms with Crippen molar-refractivity contribution in [2.24, 2.45) is 0 Å². The van der Waals surface area contributed by atoms with Gasteiger partial charge in [-0.05, 0) is 26.2 Å². The van der Waals surface area contributed by atoms with Crippen LogP contribution in [0.15, 0.2) is 22.0 Å². The van der Waals surface area contributed by atoms with E-state index in [-0.39, 0.29) is 19.1 Å². The Hall–Kier alpha value is -2.38. The number of hydrogen-bond acceptors (Lipinski definition) is 9. The van der Waals surface area contributed by atoms with Crippen molar-refractivity contribution in [3.8, 4) is 0 Å². The van der Waals surface area contributed by atoms with Gasteiger partial charge in [-0.2, -0.15) is 0 Å². The third-order valence-corrected chi connectivity index (χ3v) is 5.62. The van der Waals surface area contributed by atoms with Crippen LogP contribution in [0.25, 0.3) is 0 Å². The average Bonchev–Trinajstić information content (AvgIpc) is 3.50. The highest BCUT2D eigenvalue weighted by atomic mass is 16.7. The van der Waals surface area contributed by atoms with Crippen LogP contribution in [-0.2, 0) is 32.1 Å². The number of H-pyrrole nitrogens is 1. The highest BCUT2D eigenvalue weighted by Crippen LogP contribution is 2.28. The second kappa shape index (κ2) is 10.5. The van der Waals surface area contributed by atoms with Crippen LogP contribution in [0.3, 0.4) is 0 Å². The molecule has 2 aliphatic heterocycles. The minimum absolute atomic E-state index is 0.203. The quantitative estimate of drug-likeness (QED) is 0.471. The van der Waals surface area contributed by atoms with E-state index in [1.54, 1.807) is 17.8 Å². The first-order valence-electron chi connectivity index (χ1n) is 10.8. The zero-order valence-corrected chi connectivity index (χ0v) is 18.0. The van der Waals surface area contributed by atoms with Crippen molar-refractivity contribution < 1.29 is 24.1 Å². The molecule has 2 saturated heterocycles. The lowest BCUT2D eigenvalue weighted by Gasteiger charge is -2.16. The Morgan fingerprint density at radius 2 is 2.19 bits per heavy atom. The van der Waals surface area contributed by atoms with Gasteiger partial charge in [-0.15, -0.1) is 5.10 Å². The van der Waals surface area contributed by atoms with Crippen molar-refractivity contribution in [3.05, 3.63) is 44.5 Å². The summed E-state index contributed by atoms with van der Waals surface area (Å²) in [5.74, 6) is 0. The second-order valence-corrected chi connectivity index (χ2v) is 8.17. The molecule has 0 saturated carbocycles. The standard InChI is InChI=1S/C20H29N5O7/c1-13-7-25(20(28)21-19(13)27)18-6-16(26)17(32-18)9-24-8-14(22-23-24)10-29-5-3-2-4-15-11-30-12-31-15/h7-8,15-18,26H,2-6,9-12H2,1H3,(H,21,27,28)/t15?,16?,17-,18-/m1/s1. The lowest BCUT2D eigenvalue weighted by Crippen LogP contribution is -2.33. The summed E-state index contributed by atoms with van der Waals surface area (Å²) in [5, 5.41) is 18.6. The molecule has 2 aromatic rings. The molecule has 0 aliphatic carbocycles.